The number of carbonyl (C=O) groups excluding carboxylic acids is 2. The molecule has 3 rings (SSSR count). The van der Waals surface area contributed by atoms with Gasteiger partial charge in [0.2, 0.25) is 11.8 Å². The Morgan fingerprint density at radius 2 is 2.04 bits per heavy atom. The Balaban J connectivity index is 1.82. The summed E-state index contributed by atoms with van der Waals surface area (Å²) in [5, 5.41) is 3.50. The maximum atomic E-state index is 12.5. The van der Waals surface area contributed by atoms with E-state index < -0.39 is 5.91 Å². The molecule has 1 aliphatic rings. The first-order valence-electron chi connectivity index (χ1n) is 9.20. The highest BCUT2D eigenvalue weighted by molar-refractivity contribution is 5.96. The Kier molecular flexibility index (Phi) is 5.32. The van der Waals surface area contributed by atoms with Gasteiger partial charge in [0, 0.05) is 60.8 Å². The van der Waals surface area contributed by atoms with E-state index in [0.29, 0.717) is 34.8 Å². The zero-order valence-corrected chi connectivity index (χ0v) is 15.9. The molecule has 1 aromatic carbocycles. The van der Waals surface area contributed by atoms with E-state index in [0.717, 1.165) is 18.8 Å². The SMILES string of the molecule is CC(=O)N[C@@H]1CN(Cc2cc(=O)c3cc(C(N)=O)ccc3[nH]2)C[C@H]1C(C)C. The number of pyridine rings is 1. The van der Waals surface area contributed by atoms with E-state index in [1.807, 2.05) is 0 Å². The van der Waals surface area contributed by atoms with Crippen LogP contribution in [-0.4, -0.2) is 40.8 Å². The van der Waals surface area contributed by atoms with Crippen molar-refractivity contribution >= 4 is 22.7 Å². The van der Waals surface area contributed by atoms with Crippen molar-refractivity contribution in [1.29, 1.82) is 0 Å². The number of nitrogens with two attached hydrogens (primary N) is 1. The Morgan fingerprint density at radius 1 is 1.30 bits per heavy atom. The second-order valence-electron chi connectivity index (χ2n) is 7.69. The first-order chi connectivity index (χ1) is 12.7. The fourth-order valence-electron chi connectivity index (χ4n) is 3.91. The van der Waals surface area contributed by atoms with Gasteiger partial charge in [-0.05, 0) is 30.0 Å². The predicted molar refractivity (Wildman–Crippen MR) is 104 cm³/mol. The van der Waals surface area contributed by atoms with Crippen LogP contribution in [0.25, 0.3) is 10.9 Å². The van der Waals surface area contributed by atoms with Gasteiger partial charge in [-0.3, -0.25) is 19.3 Å². The number of aromatic amines is 1. The van der Waals surface area contributed by atoms with E-state index in [1.54, 1.807) is 25.1 Å². The number of fused-ring (bicyclic) bond motifs is 1. The second-order valence-corrected chi connectivity index (χ2v) is 7.69. The van der Waals surface area contributed by atoms with Crippen LogP contribution in [0.15, 0.2) is 29.1 Å². The number of H-pyrrole nitrogens is 1. The Labute approximate surface area is 157 Å². The van der Waals surface area contributed by atoms with Gasteiger partial charge in [-0.2, -0.15) is 0 Å². The number of primary amides is 1. The number of nitrogens with zero attached hydrogens (tertiary/aromatic N) is 1. The summed E-state index contributed by atoms with van der Waals surface area (Å²) in [4.78, 5) is 40.8. The highest BCUT2D eigenvalue weighted by Gasteiger charge is 2.35. The van der Waals surface area contributed by atoms with Gasteiger partial charge in [0.1, 0.15) is 0 Å². The topological polar surface area (TPSA) is 108 Å². The van der Waals surface area contributed by atoms with Gasteiger partial charge in [0.25, 0.3) is 0 Å². The third kappa shape index (κ3) is 4.19. The molecule has 27 heavy (non-hydrogen) atoms. The molecule has 0 unspecified atom stereocenters. The number of nitrogens with one attached hydrogen (secondary N) is 2. The molecule has 2 heterocycles. The fourth-order valence-corrected chi connectivity index (χ4v) is 3.91. The summed E-state index contributed by atoms with van der Waals surface area (Å²) in [7, 11) is 0. The van der Waals surface area contributed by atoms with Crippen molar-refractivity contribution in [2.45, 2.75) is 33.4 Å². The molecular formula is C20H26N4O3. The molecule has 0 saturated carbocycles. The molecule has 0 bridgehead atoms. The van der Waals surface area contributed by atoms with Gasteiger partial charge in [-0.25, -0.2) is 0 Å². The average molecular weight is 370 g/mol. The molecule has 7 nitrogen and oxygen atoms in total. The van der Waals surface area contributed by atoms with E-state index in [-0.39, 0.29) is 17.4 Å². The summed E-state index contributed by atoms with van der Waals surface area (Å²) in [6.45, 7) is 8.09. The molecule has 0 spiro atoms. The minimum atomic E-state index is -0.554. The lowest BCUT2D eigenvalue weighted by molar-refractivity contribution is -0.119. The molecule has 4 N–H and O–H groups in total. The van der Waals surface area contributed by atoms with Crippen molar-refractivity contribution in [3.63, 3.8) is 0 Å². The van der Waals surface area contributed by atoms with Crippen LogP contribution in [0.2, 0.25) is 0 Å². The first-order valence-corrected chi connectivity index (χ1v) is 9.20. The number of rotatable bonds is 5. The van der Waals surface area contributed by atoms with Gasteiger partial charge in [0.15, 0.2) is 5.43 Å². The maximum Gasteiger partial charge on any atom is 0.248 e. The van der Waals surface area contributed by atoms with Crippen LogP contribution in [0.5, 0.6) is 0 Å². The van der Waals surface area contributed by atoms with Gasteiger partial charge in [0.05, 0.1) is 0 Å². The molecule has 2 aromatic rings. The number of aromatic nitrogens is 1. The maximum absolute atomic E-state index is 12.5. The number of amides is 2. The molecule has 1 fully saturated rings. The summed E-state index contributed by atoms with van der Waals surface area (Å²) in [6.07, 6.45) is 0. The molecule has 0 aliphatic carbocycles. The molecule has 1 aliphatic heterocycles. The van der Waals surface area contributed by atoms with Crippen LogP contribution in [0.4, 0.5) is 0 Å². The zero-order chi connectivity index (χ0) is 19.7. The minimum Gasteiger partial charge on any atom is -0.366 e. The summed E-state index contributed by atoms with van der Waals surface area (Å²) >= 11 is 0. The van der Waals surface area contributed by atoms with Crippen molar-refractivity contribution in [1.82, 2.24) is 15.2 Å². The monoisotopic (exact) mass is 370 g/mol. The third-order valence-corrected chi connectivity index (χ3v) is 5.25. The summed E-state index contributed by atoms with van der Waals surface area (Å²) in [6, 6.07) is 6.54. The van der Waals surface area contributed by atoms with Crippen molar-refractivity contribution in [3.8, 4) is 0 Å². The van der Waals surface area contributed by atoms with Gasteiger partial charge in [-0.1, -0.05) is 13.8 Å². The Hall–Kier alpha value is -2.67. The highest BCUT2D eigenvalue weighted by Crippen LogP contribution is 2.25. The molecule has 2 amide bonds. The Bertz CT molecular complexity index is 934. The standard InChI is InChI=1S/C20H26N4O3/c1-11(2)16-9-24(10-18(16)22-12(3)25)8-14-7-19(26)15-6-13(20(21)27)4-5-17(15)23-14/h4-7,11,16,18H,8-10H2,1-3H3,(H2,21,27)(H,22,25)(H,23,26)/t16-,18+/m0/s1. The number of hydrogen-bond acceptors (Lipinski definition) is 4. The summed E-state index contributed by atoms with van der Waals surface area (Å²) in [5.41, 5.74) is 6.96. The molecular weight excluding hydrogens is 344 g/mol. The third-order valence-electron chi connectivity index (χ3n) is 5.25. The Morgan fingerprint density at radius 3 is 2.67 bits per heavy atom. The average Bonchev–Trinajstić information content (AvgIpc) is 2.96. The van der Waals surface area contributed by atoms with Crippen LogP contribution < -0.4 is 16.5 Å². The van der Waals surface area contributed by atoms with E-state index in [1.165, 1.54) is 6.07 Å². The van der Waals surface area contributed by atoms with Crippen LogP contribution >= 0.6 is 0 Å². The van der Waals surface area contributed by atoms with E-state index in [4.69, 9.17) is 5.73 Å². The van der Waals surface area contributed by atoms with Crippen LogP contribution in [0.1, 0.15) is 36.8 Å². The summed E-state index contributed by atoms with van der Waals surface area (Å²) in [5.74, 6) is 0.256. The van der Waals surface area contributed by atoms with Crippen LogP contribution in [0, 0.1) is 11.8 Å². The first kappa shape index (κ1) is 19.1. The molecule has 1 saturated heterocycles. The van der Waals surface area contributed by atoms with E-state index in [2.05, 4.69) is 29.0 Å². The van der Waals surface area contributed by atoms with Crippen molar-refractivity contribution in [3.05, 3.63) is 45.7 Å². The van der Waals surface area contributed by atoms with Gasteiger partial charge in [-0.15, -0.1) is 0 Å². The lowest BCUT2D eigenvalue weighted by Gasteiger charge is -2.22. The number of benzene rings is 1. The highest BCUT2D eigenvalue weighted by atomic mass is 16.1. The van der Waals surface area contributed by atoms with Gasteiger partial charge >= 0.3 is 0 Å². The summed E-state index contributed by atoms with van der Waals surface area (Å²) < 4.78 is 0. The number of hydrogen-bond donors (Lipinski definition) is 3. The molecule has 144 valence electrons. The zero-order valence-electron chi connectivity index (χ0n) is 15.9. The lowest BCUT2D eigenvalue weighted by Crippen LogP contribution is -2.40. The molecule has 1 aromatic heterocycles. The second kappa shape index (κ2) is 7.52. The predicted octanol–water partition coefficient (Wildman–Crippen LogP) is 1.22. The lowest BCUT2D eigenvalue weighted by atomic mass is 9.91. The number of likely N-dealkylation sites (tertiary alicyclic amines) is 1. The smallest absolute Gasteiger partial charge is 0.248 e. The minimum absolute atomic E-state index is 0.0168. The normalized spacial score (nSPS) is 20.3. The van der Waals surface area contributed by atoms with Crippen molar-refractivity contribution in [2.24, 2.45) is 17.6 Å². The van der Waals surface area contributed by atoms with E-state index >= 15 is 0 Å². The molecule has 2 atom stereocenters. The van der Waals surface area contributed by atoms with Crippen LogP contribution in [-0.2, 0) is 11.3 Å². The fraction of sp³-hybridized carbons (Fsp3) is 0.450. The van der Waals surface area contributed by atoms with E-state index in [9.17, 15) is 14.4 Å². The molecule has 7 heteroatoms. The van der Waals surface area contributed by atoms with Crippen LogP contribution in [0.3, 0.4) is 0 Å². The van der Waals surface area contributed by atoms with Crippen molar-refractivity contribution < 1.29 is 9.59 Å². The van der Waals surface area contributed by atoms with Crippen molar-refractivity contribution in [2.75, 3.05) is 13.1 Å². The van der Waals surface area contributed by atoms with Gasteiger partial charge < -0.3 is 16.0 Å². The number of carbonyl (C=O) groups is 2. The molecule has 0 radical (unpaired) electrons. The largest absolute Gasteiger partial charge is 0.366 e. The quantitative estimate of drug-likeness (QED) is 0.735.